The number of para-hydroxylation sites is 1. The van der Waals surface area contributed by atoms with Gasteiger partial charge in [-0.05, 0) is 24.5 Å². The van der Waals surface area contributed by atoms with E-state index in [9.17, 15) is 9.59 Å². The zero-order valence-electron chi connectivity index (χ0n) is 14.4. The molecule has 3 amide bonds. The van der Waals surface area contributed by atoms with E-state index >= 15 is 0 Å². The Morgan fingerprint density at radius 1 is 1.29 bits per heavy atom. The second kappa shape index (κ2) is 8.75. The summed E-state index contributed by atoms with van der Waals surface area (Å²) in [5, 5.41) is 6.05. The van der Waals surface area contributed by atoms with E-state index in [1.807, 2.05) is 31.3 Å². The van der Waals surface area contributed by atoms with Gasteiger partial charge in [-0.3, -0.25) is 10.1 Å². The molecule has 0 spiro atoms. The first-order chi connectivity index (χ1) is 11.4. The van der Waals surface area contributed by atoms with Crippen LogP contribution in [0.25, 0.3) is 10.2 Å². The smallest absolute Gasteiger partial charge is 0.321 e. The Morgan fingerprint density at radius 2 is 2.04 bits per heavy atom. The average Bonchev–Trinajstić information content (AvgIpc) is 2.88. The second-order valence-corrected chi connectivity index (χ2v) is 7.49. The highest BCUT2D eigenvalue weighted by molar-refractivity contribution is 7.18. The van der Waals surface area contributed by atoms with Crippen LogP contribution in [0.1, 0.15) is 25.3 Å². The summed E-state index contributed by atoms with van der Waals surface area (Å²) in [6, 6.07) is 7.56. The highest BCUT2D eigenvalue weighted by atomic mass is 32.1. The van der Waals surface area contributed by atoms with Crippen LogP contribution in [0, 0.1) is 5.92 Å². The molecule has 3 N–H and O–H groups in total. The molecule has 0 aliphatic rings. The van der Waals surface area contributed by atoms with Gasteiger partial charge in [0.1, 0.15) is 11.6 Å². The van der Waals surface area contributed by atoms with E-state index in [4.69, 9.17) is 0 Å². The maximum absolute atomic E-state index is 11.9. The predicted molar refractivity (Wildman–Crippen MR) is 96.1 cm³/mol. The van der Waals surface area contributed by atoms with Crippen molar-refractivity contribution in [1.29, 1.82) is 0 Å². The van der Waals surface area contributed by atoms with Crippen LogP contribution in [0.3, 0.4) is 0 Å². The minimum atomic E-state index is -0.423. The van der Waals surface area contributed by atoms with E-state index in [2.05, 4.69) is 29.5 Å². The molecule has 130 valence electrons. The van der Waals surface area contributed by atoms with E-state index in [0.29, 0.717) is 19.0 Å². The lowest BCUT2D eigenvalue weighted by Crippen LogP contribution is -3.09. The van der Waals surface area contributed by atoms with Crippen molar-refractivity contribution in [1.82, 2.24) is 15.6 Å². The van der Waals surface area contributed by atoms with Gasteiger partial charge in [-0.2, -0.15) is 0 Å². The van der Waals surface area contributed by atoms with Gasteiger partial charge in [-0.25, -0.2) is 9.78 Å². The monoisotopic (exact) mass is 349 g/mol. The highest BCUT2D eigenvalue weighted by Gasteiger charge is 2.15. The largest absolute Gasteiger partial charge is 0.338 e. The van der Waals surface area contributed by atoms with Gasteiger partial charge in [0.25, 0.3) is 5.91 Å². The van der Waals surface area contributed by atoms with Gasteiger partial charge in [-0.1, -0.05) is 26.0 Å². The summed E-state index contributed by atoms with van der Waals surface area (Å²) in [5.74, 6) is 0.237. The fourth-order valence-corrected chi connectivity index (χ4v) is 3.36. The number of rotatable bonds is 7. The minimum Gasteiger partial charge on any atom is -0.338 e. The second-order valence-electron chi connectivity index (χ2n) is 6.37. The number of likely N-dealkylation sites (N-methyl/N-ethyl adjacent to an activating group) is 1. The predicted octanol–water partition coefficient (Wildman–Crippen LogP) is 1.18. The summed E-state index contributed by atoms with van der Waals surface area (Å²) in [6.07, 6.45) is 0.893. The van der Waals surface area contributed by atoms with Crippen molar-refractivity contribution in [3.8, 4) is 0 Å². The van der Waals surface area contributed by atoms with Crippen LogP contribution in [0.15, 0.2) is 24.3 Å². The number of benzene rings is 1. The van der Waals surface area contributed by atoms with Crippen molar-refractivity contribution >= 4 is 33.5 Å². The summed E-state index contributed by atoms with van der Waals surface area (Å²) in [5.41, 5.74) is 0.985. The SMILES string of the molecule is CC(C)CCNC(=O)NC(=O)C[NH+](C)Cc1nc2ccccc2s1. The molecule has 1 unspecified atom stereocenters. The Hall–Kier alpha value is -1.99. The number of aromatic nitrogens is 1. The lowest BCUT2D eigenvalue weighted by Gasteiger charge is -2.12. The molecule has 0 radical (unpaired) electrons. The van der Waals surface area contributed by atoms with E-state index < -0.39 is 6.03 Å². The van der Waals surface area contributed by atoms with Crippen LogP contribution in [-0.4, -0.2) is 37.1 Å². The molecule has 0 saturated heterocycles. The van der Waals surface area contributed by atoms with Crippen LogP contribution < -0.4 is 15.5 Å². The average molecular weight is 349 g/mol. The number of carbonyl (C=O) groups excluding carboxylic acids is 2. The maximum Gasteiger partial charge on any atom is 0.321 e. The normalized spacial score (nSPS) is 12.3. The van der Waals surface area contributed by atoms with Crippen LogP contribution in [0.2, 0.25) is 0 Å². The van der Waals surface area contributed by atoms with E-state index in [1.165, 1.54) is 0 Å². The number of thiazole rings is 1. The summed E-state index contributed by atoms with van der Waals surface area (Å²) in [7, 11) is 1.92. The zero-order chi connectivity index (χ0) is 17.5. The summed E-state index contributed by atoms with van der Waals surface area (Å²) < 4.78 is 1.15. The van der Waals surface area contributed by atoms with Crippen molar-refractivity contribution in [2.75, 3.05) is 20.1 Å². The minimum absolute atomic E-state index is 0.230. The van der Waals surface area contributed by atoms with E-state index in [0.717, 1.165) is 26.5 Å². The fraction of sp³-hybridized carbons (Fsp3) is 0.471. The molecule has 1 aromatic carbocycles. The zero-order valence-corrected chi connectivity index (χ0v) is 15.2. The van der Waals surface area contributed by atoms with Gasteiger partial charge in [0.05, 0.1) is 17.3 Å². The maximum atomic E-state index is 11.9. The van der Waals surface area contributed by atoms with Gasteiger partial charge >= 0.3 is 6.03 Å². The Kier molecular flexibility index (Phi) is 6.69. The molecule has 0 aliphatic heterocycles. The number of quaternary nitrogens is 1. The number of hydrogen-bond acceptors (Lipinski definition) is 4. The van der Waals surface area contributed by atoms with Crippen molar-refractivity contribution in [3.05, 3.63) is 29.3 Å². The van der Waals surface area contributed by atoms with Gasteiger partial charge < -0.3 is 10.2 Å². The molecule has 1 aromatic heterocycles. The number of urea groups is 1. The van der Waals surface area contributed by atoms with Gasteiger partial charge in [0.15, 0.2) is 6.54 Å². The van der Waals surface area contributed by atoms with E-state index in [-0.39, 0.29) is 12.5 Å². The molecule has 0 bridgehead atoms. The summed E-state index contributed by atoms with van der Waals surface area (Å²) in [6.45, 7) is 5.64. The number of fused-ring (bicyclic) bond motifs is 1. The molecule has 0 saturated carbocycles. The van der Waals surface area contributed by atoms with Crippen molar-refractivity contribution < 1.29 is 14.5 Å². The summed E-state index contributed by atoms with van der Waals surface area (Å²) in [4.78, 5) is 29.1. The van der Waals surface area contributed by atoms with Crippen molar-refractivity contribution in [2.45, 2.75) is 26.8 Å². The standard InChI is InChI=1S/C17H24N4O2S/c1-12(2)8-9-18-17(23)20-15(22)10-21(3)11-16-19-13-6-4-5-7-14(13)24-16/h4-7,12H,8-11H2,1-3H3,(H2,18,20,22,23)/p+1. The van der Waals surface area contributed by atoms with E-state index in [1.54, 1.807) is 11.3 Å². The first kappa shape index (κ1) is 18.4. The first-order valence-corrected chi connectivity index (χ1v) is 8.99. The van der Waals surface area contributed by atoms with Gasteiger partial charge in [-0.15, -0.1) is 11.3 Å². The number of amides is 3. The molecule has 7 heteroatoms. The first-order valence-electron chi connectivity index (χ1n) is 8.17. The molecule has 2 rings (SSSR count). The Morgan fingerprint density at radius 3 is 2.75 bits per heavy atom. The fourth-order valence-electron chi connectivity index (χ4n) is 2.28. The molecule has 6 nitrogen and oxygen atoms in total. The Labute approximate surface area is 146 Å². The van der Waals surface area contributed by atoms with Crippen LogP contribution in [0.4, 0.5) is 4.79 Å². The number of nitrogens with one attached hydrogen (secondary N) is 3. The topological polar surface area (TPSA) is 75.5 Å². The van der Waals surface area contributed by atoms with Gasteiger partial charge in [0.2, 0.25) is 0 Å². The number of carbonyl (C=O) groups is 2. The van der Waals surface area contributed by atoms with Crippen molar-refractivity contribution in [3.63, 3.8) is 0 Å². The van der Waals surface area contributed by atoms with Crippen LogP contribution in [-0.2, 0) is 11.3 Å². The third-order valence-corrected chi connectivity index (χ3v) is 4.55. The molecule has 2 aromatic rings. The molecule has 1 atom stereocenters. The molecule has 0 fully saturated rings. The third kappa shape index (κ3) is 5.90. The third-order valence-electron chi connectivity index (χ3n) is 3.51. The van der Waals surface area contributed by atoms with Crippen LogP contribution in [0.5, 0.6) is 0 Å². The molecule has 24 heavy (non-hydrogen) atoms. The quantitative estimate of drug-likeness (QED) is 0.703. The molecule has 0 aliphatic carbocycles. The highest BCUT2D eigenvalue weighted by Crippen LogP contribution is 2.20. The van der Waals surface area contributed by atoms with Crippen molar-refractivity contribution in [2.24, 2.45) is 5.92 Å². The summed E-state index contributed by atoms with van der Waals surface area (Å²) >= 11 is 1.64. The molecule has 1 heterocycles. The lowest BCUT2D eigenvalue weighted by molar-refractivity contribution is -0.885. The lowest BCUT2D eigenvalue weighted by atomic mass is 10.1. The van der Waals surface area contributed by atoms with Gasteiger partial charge in [0, 0.05) is 6.54 Å². The molecular formula is C17H25N4O2S+. The number of nitrogens with zero attached hydrogens (tertiary/aromatic N) is 1. The molecular weight excluding hydrogens is 324 g/mol. The Bertz CT molecular complexity index is 666. The number of hydrogen-bond donors (Lipinski definition) is 3. The Balaban J connectivity index is 1.75. The number of imide groups is 1. The van der Waals surface area contributed by atoms with Crippen LogP contribution >= 0.6 is 11.3 Å².